The Bertz CT molecular complexity index is 2470. The lowest BCUT2D eigenvalue weighted by atomic mass is 10.1. The van der Waals surface area contributed by atoms with Crippen molar-refractivity contribution in [2.75, 3.05) is 0 Å². The van der Waals surface area contributed by atoms with Gasteiger partial charge in [-0.1, -0.05) is 115 Å². The number of nitrogens with zero attached hydrogens (tertiary/aromatic N) is 4. The van der Waals surface area contributed by atoms with Crippen molar-refractivity contribution in [3.63, 3.8) is 0 Å². The molecule has 0 radical (unpaired) electrons. The first kappa shape index (κ1) is 23.3. The van der Waals surface area contributed by atoms with E-state index < -0.39 is 0 Å². The molecule has 0 bridgehead atoms. The molecule has 42 heavy (non-hydrogen) atoms. The van der Waals surface area contributed by atoms with Crippen molar-refractivity contribution in [1.29, 1.82) is 0 Å². The van der Waals surface area contributed by atoms with Crippen LogP contribution in [-0.2, 0) is 0 Å². The van der Waals surface area contributed by atoms with Crippen LogP contribution in [0.1, 0.15) is 0 Å². The van der Waals surface area contributed by atoms with Gasteiger partial charge in [-0.05, 0) is 23.6 Å². The van der Waals surface area contributed by atoms with Crippen LogP contribution in [0.15, 0.2) is 133 Å². The molecule has 0 aliphatic carbocycles. The van der Waals surface area contributed by atoms with E-state index in [0.29, 0.717) is 17.6 Å². The minimum atomic E-state index is 0.609. The Kier molecular flexibility index (Phi) is 5.03. The van der Waals surface area contributed by atoms with Gasteiger partial charge >= 0.3 is 0 Å². The van der Waals surface area contributed by atoms with E-state index in [1.807, 2.05) is 18.2 Å². The van der Waals surface area contributed by atoms with Crippen molar-refractivity contribution >= 4 is 64.1 Å². The third-order valence-corrected chi connectivity index (χ3v) is 9.19. The van der Waals surface area contributed by atoms with Crippen molar-refractivity contribution in [2.45, 2.75) is 0 Å². The number of hydrogen-bond donors (Lipinski definition) is 0. The van der Waals surface area contributed by atoms with Gasteiger partial charge in [-0.25, -0.2) is 4.98 Å². The summed E-state index contributed by atoms with van der Waals surface area (Å²) in [6, 6.07) is 46.6. The van der Waals surface area contributed by atoms with Crippen LogP contribution in [-0.4, -0.2) is 19.5 Å². The zero-order valence-corrected chi connectivity index (χ0v) is 23.2. The average Bonchev–Trinajstić information content (AvgIpc) is 3.61. The fourth-order valence-electron chi connectivity index (χ4n) is 6.20. The SMILES string of the molecule is c1ccc(-c2nc(-c3cccc4sc5ccccc5c34)nc(-n3c4ccccc4c4ccc5ccccc5c43)n2)cc1. The lowest BCUT2D eigenvalue weighted by Crippen LogP contribution is -2.06. The highest BCUT2D eigenvalue weighted by molar-refractivity contribution is 7.25. The second-order valence-corrected chi connectivity index (χ2v) is 11.5. The van der Waals surface area contributed by atoms with Gasteiger partial charge in [-0.15, -0.1) is 11.3 Å². The zero-order valence-electron chi connectivity index (χ0n) is 22.4. The molecule has 3 aromatic heterocycles. The van der Waals surface area contributed by atoms with E-state index in [9.17, 15) is 0 Å². The number of benzene rings is 6. The maximum Gasteiger partial charge on any atom is 0.238 e. The molecule has 0 unspecified atom stereocenters. The Morgan fingerprint density at radius 3 is 2.10 bits per heavy atom. The van der Waals surface area contributed by atoms with Crippen molar-refractivity contribution in [1.82, 2.24) is 19.5 Å². The predicted octanol–water partition coefficient (Wildman–Crippen LogP) is 9.82. The normalized spacial score (nSPS) is 11.8. The third kappa shape index (κ3) is 3.44. The smallest absolute Gasteiger partial charge is 0.238 e. The van der Waals surface area contributed by atoms with E-state index in [2.05, 4.69) is 120 Å². The van der Waals surface area contributed by atoms with Gasteiger partial charge in [0.15, 0.2) is 11.6 Å². The molecule has 0 N–H and O–H groups in total. The highest BCUT2D eigenvalue weighted by Gasteiger charge is 2.20. The van der Waals surface area contributed by atoms with Crippen molar-refractivity contribution < 1.29 is 0 Å². The largest absolute Gasteiger partial charge is 0.277 e. The molecule has 0 spiro atoms. The van der Waals surface area contributed by atoms with Crippen molar-refractivity contribution in [3.05, 3.63) is 133 Å². The summed E-state index contributed by atoms with van der Waals surface area (Å²) in [7, 11) is 0. The third-order valence-electron chi connectivity index (χ3n) is 8.06. The second-order valence-electron chi connectivity index (χ2n) is 10.5. The molecule has 3 heterocycles. The van der Waals surface area contributed by atoms with Crippen LogP contribution < -0.4 is 0 Å². The Hall–Kier alpha value is -5.39. The Balaban J connectivity index is 1.43. The van der Waals surface area contributed by atoms with Gasteiger partial charge in [0.2, 0.25) is 5.95 Å². The van der Waals surface area contributed by atoms with Crippen LogP contribution in [0.4, 0.5) is 0 Å². The minimum Gasteiger partial charge on any atom is -0.277 e. The fourth-order valence-corrected chi connectivity index (χ4v) is 7.33. The molecule has 4 nitrogen and oxygen atoms in total. The van der Waals surface area contributed by atoms with E-state index in [4.69, 9.17) is 15.0 Å². The van der Waals surface area contributed by atoms with Crippen molar-refractivity contribution in [2.24, 2.45) is 0 Å². The van der Waals surface area contributed by atoms with Crippen molar-refractivity contribution in [3.8, 4) is 28.7 Å². The second kappa shape index (κ2) is 9.06. The first-order valence-corrected chi connectivity index (χ1v) is 14.8. The quantitative estimate of drug-likeness (QED) is 0.218. The summed E-state index contributed by atoms with van der Waals surface area (Å²) in [5, 5.41) is 7.11. The molecule has 6 aromatic carbocycles. The topological polar surface area (TPSA) is 43.6 Å². The Labute approximate surface area is 245 Å². The molecule has 5 heteroatoms. The van der Waals surface area contributed by atoms with Crippen LogP contribution in [0.25, 0.3) is 81.5 Å². The van der Waals surface area contributed by atoms with E-state index in [1.54, 1.807) is 11.3 Å². The summed E-state index contributed by atoms with van der Waals surface area (Å²) in [5.41, 5.74) is 4.13. The van der Waals surface area contributed by atoms with E-state index in [-0.39, 0.29) is 0 Å². The summed E-state index contributed by atoms with van der Waals surface area (Å²) in [4.78, 5) is 15.5. The monoisotopic (exact) mass is 554 g/mol. The van der Waals surface area contributed by atoms with E-state index >= 15 is 0 Å². The summed E-state index contributed by atoms with van der Waals surface area (Å²) in [5.74, 6) is 1.93. The van der Waals surface area contributed by atoms with Gasteiger partial charge in [0.25, 0.3) is 0 Å². The number of thiophene rings is 1. The maximum atomic E-state index is 5.26. The molecule has 0 atom stereocenters. The number of rotatable bonds is 3. The Morgan fingerprint density at radius 1 is 0.476 bits per heavy atom. The molecule has 9 rings (SSSR count). The summed E-state index contributed by atoms with van der Waals surface area (Å²) in [6.07, 6.45) is 0. The molecular formula is C37H22N4S. The molecule has 0 saturated carbocycles. The van der Waals surface area contributed by atoms with Gasteiger partial charge in [0.05, 0.1) is 11.0 Å². The molecule has 0 saturated heterocycles. The highest BCUT2D eigenvalue weighted by atomic mass is 32.1. The lowest BCUT2D eigenvalue weighted by molar-refractivity contribution is 0.956. The zero-order chi connectivity index (χ0) is 27.6. The van der Waals surface area contributed by atoms with Gasteiger partial charge in [0, 0.05) is 47.5 Å². The van der Waals surface area contributed by atoms with Gasteiger partial charge in [-0.2, -0.15) is 9.97 Å². The molecule has 0 amide bonds. The van der Waals surface area contributed by atoms with Gasteiger partial charge < -0.3 is 0 Å². The summed E-state index contributed by atoms with van der Waals surface area (Å²) in [6.45, 7) is 0. The minimum absolute atomic E-state index is 0.609. The number of para-hydroxylation sites is 1. The summed E-state index contributed by atoms with van der Waals surface area (Å²) >= 11 is 1.80. The van der Waals surface area contributed by atoms with Crippen LogP contribution >= 0.6 is 11.3 Å². The highest BCUT2D eigenvalue weighted by Crippen LogP contribution is 2.40. The summed E-state index contributed by atoms with van der Waals surface area (Å²) < 4.78 is 4.70. The van der Waals surface area contributed by atoms with Crippen LogP contribution in [0, 0.1) is 0 Å². The van der Waals surface area contributed by atoms with E-state index in [0.717, 1.165) is 22.2 Å². The molecule has 0 aliphatic heterocycles. The molecule has 9 aromatic rings. The molecule has 0 fully saturated rings. The molecule has 0 aliphatic rings. The predicted molar refractivity (Wildman–Crippen MR) is 175 cm³/mol. The number of fused-ring (bicyclic) bond motifs is 8. The first-order chi connectivity index (χ1) is 20.8. The molecule has 196 valence electrons. The molecular weight excluding hydrogens is 533 g/mol. The fraction of sp³-hybridized carbons (Fsp3) is 0. The van der Waals surface area contributed by atoms with Crippen LogP contribution in [0.3, 0.4) is 0 Å². The van der Waals surface area contributed by atoms with Gasteiger partial charge in [0.1, 0.15) is 0 Å². The van der Waals surface area contributed by atoms with E-state index in [1.165, 1.54) is 41.7 Å². The van der Waals surface area contributed by atoms with Gasteiger partial charge in [-0.3, -0.25) is 4.57 Å². The Morgan fingerprint density at radius 2 is 1.19 bits per heavy atom. The first-order valence-electron chi connectivity index (χ1n) is 14.0. The maximum absolute atomic E-state index is 5.26. The standard InChI is InChI=1S/C37H22N4S/c1-2-12-24(13-3-1)35-38-36(29-17-10-20-32-33(29)28-16-7-9-19-31(28)42-32)40-37(39-35)41-30-18-8-6-15-26(30)27-22-21-23-11-4-5-14-25(23)34(27)41/h1-22H. The van der Waals surface area contributed by atoms with Crippen LogP contribution in [0.2, 0.25) is 0 Å². The average molecular weight is 555 g/mol. The number of hydrogen-bond acceptors (Lipinski definition) is 4. The lowest BCUT2D eigenvalue weighted by Gasteiger charge is -2.12. The van der Waals surface area contributed by atoms with Crippen LogP contribution in [0.5, 0.6) is 0 Å². The number of aromatic nitrogens is 4.